The first-order valence-electron chi connectivity index (χ1n) is 21.7. The third-order valence-corrected chi connectivity index (χ3v) is 12.7. The van der Waals surface area contributed by atoms with Gasteiger partial charge in [-0.25, -0.2) is 0 Å². The topological polar surface area (TPSA) is 98.7 Å². The van der Waals surface area contributed by atoms with Crippen LogP contribution in [0.2, 0.25) is 0 Å². The molecule has 4 aromatic carbocycles. The fraction of sp³-hybridized carbons (Fsp3) is 0.500. The number of likely N-dealkylation sites (N-methyl/N-ethyl adjacent to an activating group) is 1. The van der Waals surface area contributed by atoms with Gasteiger partial charge in [-0.05, 0) is 59.3 Å². The summed E-state index contributed by atoms with van der Waals surface area (Å²) in [7, 11) is 1.94. The Morgan fingerprint density at radius 2 is 1.17 bits per heavy atom. The monoisotopic (exact) mass is 804 g/mol. The Kier molecular flexibility index (Phi) is 15.0. The summed E-state index contributed by atoms with van der Waals surface area (Å²) in [6.45, 7) is 8.43. The van der Waals surface area contributed by atoms with E-state index in [4.69, 9.17) is 23.7 Å². The molecule has 3 aliphatic rings. The molecule has 9 heteroatoms. The van der Waals surface area contributed by atoms with Crippen LogP contribution in [-0.4, -0.2) is 77.9 Å². The quantitative estimate of drug-likeness (QED) is 0.104. The van der Waals surface area contributed by atoms with Crippen LogP contribution in [0, 0.1) is 17.8 Å². The van der Waals surface area contributed by atoms with Gasteiger partial charge in [0, 0.05) is 13.5 Å². The predicted octanol–water partition coefficient (Wildman–Crippen LogP) is 8.09. The fourth-order valence-electron chi connectivity index (χ4n) is 9.69. The van der Waals surface area contributed by atoms with Gasteiger partial charge in [0.2, 0.25) is 5.91 Å². The zero-order chi connectivity index (χ0) is 41.2. The molecule has 1 aliphatic carbocycles. The zero-order valence-electron chi connectivity index (χ0n) is 35.2. The SMILES string of the molecule is CC(C)[C@@H]1CC[C@@H](C)C[C@@]12N[C@H](C[C@H](O)C[C@H]1O[C@H](COCc3ccccc3)[C@@H](OCc3ccccc3)[C@H](OCc3ccccc3)[C@H]1OCc1ccccc1)C(=O)N2C. The highest BCUT2D eigenvalue weighted by atomic mass is 16.6. The smallest absolute Gasteiger partial charge is 0.241 e. The summed E-state index contributed by atoms with van der Waals surface area (Å²) >= 11 is 0. The van der Waals surface area contributed by atoms with Crippen molar-refractivity contribution in [1.29, 1.82) is 0 Å². The molecule has 2 saturated heterocycles. The average molecular weight is 805 g/mol. The van der Waals surface area contributed by atoms with Gasteiger partial charge in [-0.3, -0.25) is 10.1 Å². The van der Waals surface area contributed by atoms with E-state index in [1.54, 1.807) is 0 Å². The van der Waals surface area contributed by atoms with Crippen LogP contribution in [0.25, 0.3) is 0 Å². The standard InChI is InChI=1S/C50H64N2O7/c1-35(2)42-26-25-36(3)29-50(42)51-43(49(54)52(50)4)27-41(53)28-44-46(56-31-38-19-11-6-12-20-38)48(58-33-40-23-15-8-16-24-40)47(57-32-39-21-13-7-14-22-39)45(59-44)34-55-30-37-17-9-5-10-18-37/h5-24,35-36,41-48,51,53H,25-34H2,1-4H3/t36-,41+,42+,43-,44-,45-,46+,47-,48-,50+/m1/s1. The number of aliphatic hydroxyl groups excluding tert-OH is 1. The second-order valence-corrected chi connectivity index (χ2v) is 17.4. The minimum absolute atomic E-state index is 0.0378. The molecule has 0 aromatic heterocycles. The molecule has 0 radical (unpaired) electrons. The third-order valence-electron chi connectivity index (χ3n) is 12.7. The Balaban J connectivity index is 1.17. The molecule has 2 N–H and O–H groups in total. The number of rotatable bonds is 18. The Hall–Kier alpha value is -3.93. The maximum atomic E-state index is 14.0. The van der Waals surface area contributed by atoms with Gasteiger partial charge >= 0.3 is 0 Å². The number of nitrogens with one attached hydrogen (secondary N) is 1. The predicted molar refractivity (Wildman–Crippen MR) is 229 cm³/mol. The molecule has 10 atom stereocenters. The minimum atomic E-state index is -0.867. The second kappa shape index (κ2) is 20.6. The van der Waals surface area contributed by atoms with Gasteiger partial charge in [0.15, 0.2) is 0 Å². The van der Waals surface area contributed by atoms with Crippen molar-refractivity contribution in [2.45, 2.75) is 128 Å². The minimum Gasteiger partial charge on any atom is -0.393 e. The van der Waals surface area contributed by atoms with Crippen molar-refractivity contribution in [3.05, 3.63) is 144 Å². The van der Waals surface area contributed by atoms with Crippen molar-refractivity contribution < 1.29 is 33.6 Å². The number of carbonyl (C=O) groups excluding carboxylic acids is 1. The Morgan fingerprint density at radius 1 is 0.695 bits per heavy atom. The molecule has 0 unspecified atom stereocenters. The second-order valence-electron chi connectivity index (χ2n) is 17.4. The van der Waals surface area contributed by atoms with Crippen molar-refractivity contribution in [1.82, 2.24) is 10.2 Å². The molecule has 3 fully saturated rings. The van der Waals surface area contributed by atoms with Crippen LogP contribution >= 0.6 is 0 Å². The van der Waals surface area contributed by atoms with Gasteiger partial charge in [-0.1, -0.05) is 149 Å². The number of hydrogen-bond acceptors (Lipinski definition) is 8. The lowest BCUT2D eigenvalue weighted by molar-refractivity contribution is -0.276. The first-order chi connectivity index (χ1) is 28.7. The summed E-state index contributed by atoms with van der Waals surface area (Å²) in [5.74, 6) is 1.29. The first kappa shape index (κ1) is 43.2. The highest BCUT2D eigenvalue weighted by Crippen LogP contribution is 2.46. The number of nitrogens with zero attached hydrogens (tertiary/aromatic N) is 1. The summed E-state index contributed by atoms with van der Waals surface area (Å²) in [4.78, 5) is 16.0. The van der Waals surface area contributed by atoms with Crippen LogP contribution in [0.1, 0.15) is 75.1 Å². The van der Waals surface area contributed by atoms with E-state index in [0.717, 1.165) is 41.5 Å². The Morgan fingerprint density at radius 3 is 1.68 bits per heavy atom. The van der Waals surface area contributed by atoms with E-state index in [1.165, 1.54) is 0 Å². The number of amides is 1. The molecule has 0 bridgehead atoms. The van der Waals surface area contributed by atoms with Crippen LogP contribution in [0.15, 0.2) is 121 Å². The summed E-state index contributed by atoms with van der Waals surface area (Å²) in [5, 5.41) is 15.9. The van der Waals surface area contributed by atoms with Crippen molar-refractivity contribution >= 4 is 5.91 Å². The van der Waals surface area contributed by atoms with E-state index in [9.17, 15) is 9.90 Å². The Labute approximate surface area is 351 Å². The number of hydrogen-bond donors (Lipinski definition) is 2. The van der Waals surface area contributed by atoms with Crippen molar-refractivity contribution in [2.24, 2.45) is 17.8 Å². The number of benzene rings is 4. The summed E-state index contributed by atoms with van der Waals surface area (Å²) in [6.07, 6.45) is -0.171. The van der Waals surface area contributed by atoms with Gasteiger partial charge in [0.1, 0.15) is 24.4 Å². The first-order valence-corrected chi connectivity index (χ1v) is 21.7. The van der Waals surface area contributed by atoms with Crippen LogP contribution in [-0.2, 0) is 54.9 Å². The molecule has 7 rings (SSSR count). The molecule has 4 aromatic rings. The molecule has 2 heterocycles. The van der Waals surface area contributed by atoms with E-state index in [0.29, 0.717) is 44.2 Å². The summed E-state index contributed by atoms with van der Waals surface area (Å²) < 4.78 is 34.0. The van der Waals surface area contributed by atoms with Crippen LogP contribution < -0.4 is 5.32 Å². The fourth-order valence-corrected chi connectivity index (χ4v) is 9.69. The van der Waals surface area contributed by atoms with E-state index in [2.05, 4.69) is 26.1 Å². The van der Waals surface area contributed by atoms with Gasteiger partial charge in [-0.15, -0.1) is 0 Å². The lowest BCUT2D eigenvalue weighted by atomic mass is 9.69. The summed E-state index contributed by atoms with van der Waals surface area (Å²) in [6, 6.07) is 39.8. The largest absolute Gasteiger partial charge is 0.393 e. The van der Waals surface area contributed by atoms with E-state index in [1.807, 2.05) is 133 Å². The number of aliphatic hydroxyl groups is 1. The van der Waals surface area contributed by atoms with Crippen LogP contribution in [0.5, 0.6) is 0 Å². The van der Waals surface area contributed by atoms with Crippen LogP contribution in [0.3, 0.4) is 0 Å². The maximum absolute atomic E-state index is 14.0. The molecule has 1 saturated carbocycles. The lowest BCUT2D eigenvalue weighted by Crippen LogP contribution is -2.62. The van der Waals surface area contributed by atoms with Gasteiger partial charge in [0.05, 0.1) is 56.9 Å². The van der Waals surface area contributed by atoms with E-state index < -0.39 is 48.3 Å². The number of ether oxygens (including phenoxy) is 5. The lowest BCUT2D eigenvalue weighted by Gasteiger charge is -2.49. The van der Waals surface area contributed by atoms with Gasteiger partial charge in [-0.2, -0.15) is 0 Å². The highest BCUT2D eigenvalue weighted by molar-refractivity contribution is 5.85. The normalized spacial score (nSPS) is 29.0. The third kappa shape index (κ3) is 10.9. The molecule has 59 heavy (non-hydrogen) atoms. The van der Waals surface area contributed by atoms with Crippen molar-refractivity contribution in [3.63, 3.8) is 0 Å². The molecular formula is C50H64N2O7. The summed E-state index contributed by atoms with van der Waals surface area (Å²) in [5.41, 5.74) is 3.70. The molecule has 1 amide bonds. The maximum Gasteiger partial charge on any atom is 0.241 e. The average Bonchev–Trinajstić information content (AvgIpc) is 3.46. The molecule has 2 aliphatic heterocycles. The van der Waals surface area contributed by atoms with Crippen LogP contribution in [0.4, 0.5) is 0 Å². The number of carbonyl (C=O) groups is 1. The Bertz CT molecular complexity index is 1850. The molecule has 1 spiro atoms. The van der Waals surface area contributed by atoms with E-state index in [-0.39, 0.29) is 25.4 Å². The molecule has 316 valence electrons. The van der Waals surface area contributed by atoms with E-state index >= 15 is 0 Å². The van der Waals surface area contributed by atoms with Crippen molar-refractivity contribution in [2.75, 3.05) is 13.7 Å². The molecule has 9 nitrogen and oxygen atoms in total. The molecular weight excluding hydrogens is 741 g/mol. The van der Waals surface area contributed by atoms with Gasteiger partial charge < -0.3 is 33.7 Å². The van der Waals surface area contributed by atoms with Gasteiger partial charge in [0.25, 0.3) is 0 Å². The van der Waals surface area contributed by atoms with Crippen molar-refractivity contribution in [3.8, 4) is 0 Å². The highest BCUT2D eigenvalue weighted by Gasteiger charge is 2.56. The zero-order valence-corrected chi connectivity index (χ0v) is 35.2.